The molecule has 0 saturated heterocycles. The second kappa shape index (κ2) is 6.85. The summed E-state index contributed by atoms with van der Waals surface area (Å²) in [6.07, 6.45) is 0. The number of aromatic nitrogens is 1. The molecule has 0 spiro atoms. The number of aryl methyl sites for hydroxylation is 1. The van der Waals surface area contributed by atoms with E-state index in [4.69, 9.17) is 5.73 Å². The predicted octanol–water partition coefficient (Wildman–Crippen LogP) is 1.69. The third-order valence-corrected chi connectivity index (χ3v) is 3.69. The SMILES string of the molecule is Cc1ncsc1CNC(=O)c1ccccc1C#CCN. The number of hydrogen-bond acceptors (Lipinski definition) is 4. The van der Waals surface area contributed by atoms with E-state index in [0.717, 1.165) is 10.6 Å². The van der Waals surface area contributed by atoms with Gasteiger partial charge in [0.2, 0.25) is 0 Å². The van der Waals surface area contributed by atoms with Crippen LogP contribution < -0.4 is 11.1 Å². The molecule has 20 heavy (non-hydrogen) atoms. The minimum atomic E-state index is -0.139. The van der Waals surface area contributed by atoms with E-state index in [1.807, 2.05) is 25.1 Å². The molecule has 2 aromatic rings. The van der Waals surface area contributed by atoms with E-state index >= 15 is 0 Å². The number of nitrogens with two attached hydrogens (primary N) is 1. The predicted molar refractivity (Wildman–Crippen MR) is 80.4 cm³/mol. The quantitative estimate of drug-likeness (QED) is 0.843. The maximum Gasteiger partial charge on any atom is 0.252 e. The summed E-state index contributed by atoms with van der Waals surface area (Å²) >= 11 is 1.53. The highest BCUT2D eigenvalue weighted by molar-refractivity contribution is 7.09. The van der Waals surface area contributed by atoms with Crippen molar-refractivity contribution in [3.8, 4) is 11.8 Å². The van der Waals surface area contributed by atoms with Gasteiger partial charge in [-0.1, -0.05) is 24.0 Å². The fraction of sp³-hybridized carbons (Fsp3) is 0.200. The molecule has 0 unspecified atom stereocenters. The molecular formula is C15H15N3OS. The maximum absolute atomic E-state index is 12.2. The summed E-state index contributed by atoms with van der Waals surface area (Å²) in [7, 11) is 0. The van der Waals surface area contributed by atoms with Gasteiger partial charge in [0.05, 0.1) is 29.9 Å². The maximum atomic E-state index is 12.2. The van der Waals surface area contributed by atoms with Crippen molar-refractivity contribution in [2.24, 2.45) is 5.73 Å². The Labute approximate surface area is 122 Å². The van der Waals surface area contributed by atoms with Gasteiger partial charge in [0.15, 0.2) is 0 Å². The van der Waals surface area contributed by atoms with Crippen molar-refractivity contribution in [1.82, 2.24) is 10.3 Å². The van der Waals surface area contributed by atoms with Crippen molar-refractivity contribution < 1.29 is 4.79 Å². The average molecular weight is 285 g/mol. The van der Waals surface area contributed by atoms with Crippen LogP contribution in [-0.4, -0.2) is 17.4 Å². The van der Waals surface area contributed by atoms with Crippen LogP contribution in [-0.2, 0) is 6.54 Å². The number of thiazole rings is 1. The number of rotatable bonds is 3. The highest BCUT2D eigenvalue weighted by Crippen LogP contribution is 2.12. The van der Waals surface area contributed by atoms with Crippen molar-refractivity contribution in [2.75, 3.05) is 6.54 Å². The monoisotopic (exact) mass is 285 g/mol. The summed E-state index contributed by atoms with van der Waals surface area (Å²) in [5.41, 5.74) is 9.34. The lowest BCUT2D eigenvalue weighted by Crippen LogP contribution is -2.23. The Bertz CT molecular complexity index is 667. The van der Waals surface area contributed by atoms with Crippen LogP contribution in [0.5, 0.6) is 0 Å². The molecule has 0 aliphatic carbocycles. The normalized spacial score (nSPS) is 9.70. The van der Waals surface area contributed by atoms with Crippen LogP contribution in [0.25, 0.3) is 0 Å². The Kier molecular flexibility index (Phi) is 4.88. The molecule has 0 aliphatic rings. The Hall–Kier alpha value is -2.16. The Morgan fingerprint density at radius 3 is 2.95 bits per heavy atom. The highest BCUT2D eigenvalue weighted by atomic mass is 32.1. The van der Waals surface area contributed by atoms with Gasteiger partial charge in [0, 0.05) is 10.4 Å². The van der Waals surface area contributed by atoms with Gasteiger partial charge in [-0.25, -0.2) is 4.98 Å². The molecule has 4 nitrogen and oxygen atoms in total. The largest absolute Gasteiger partial charge is 0.347 e. The molecule has 0 aliphatic heterocycles. The molecule has 1 amide bonds. The third kappa shape index (κ3) is 3.44. The minimum Gasteiger partial charge on any atom is -0.347 e. The highest BCUT2D eigenvalue weighted by Gasteiger charge is 2.10. The number of nitrogens with zero attached hydrogens (tertiary/aromatic N) is 1. The number of carbonyl (C=O) groups excluding carboxylic acids is 1. The van der Waals surface area contributed by atoms with Gasteiger partial charge in [-0.2, -0.15) is 0 Å². The first-order valence-corrected chi connectivity index (χ1v) is 7.05. The summed E-state index contributed by atoms with van der Waals surface area (Å²) in [5, 5.41) is 2.89. The molecule has 3 N–H and O–H groups in total. The van der Waals surface area contributed by atoms with Gasteiger partial charge >= 0.3 is 0 Å². The fourth-order valence-corrected chi connectivity index (χ4v) is 2.40. The molecule has 102 valence electrons. The lowest BCUT2D eigenvalue weighted by molar-refractivity contribution is 0.0951. The van der Waals surface area contributed by atoms with Gasteiger partial charge in [-0.15, -0.1) is 11.3 Å². The Morgan fingerprint density at radius 1 is 1.45 bits per heavy atom. The van der Waals surface area contributed by atoms with E-state index in [0.29, 0.717) is 17.7 Å². The van der Waals surface area contributed by atoms with Crippen molar-refractivity contribution in [1.29, 1.82) is 0 Å². The minimum absolute atomic E-state index is 0.139. The summed E-state index contributed by atoms with van der Waals surface area (Å²) in [4.78, 5) is 17.4. The second-order valence-corrected chi connectivity index (χ2v) is 5.03. The second-order valence-electron chi connectivity index (χ2n) is 4.10. The Balaban J connectivity index is 2.11. The molecule has 0 atom stereocenters. The zero-order valence-electron chi connectivity index (χ0n) is 11.1. The lowest BCUT2D eigenvalue weighted by Gasteiger charge is -2.06. The van der Waals surface area contributed by atoms with E-state index in [2.05, 4.69) is 22.1 Å². The number of amides is 1. The van der Waals surface area contributed by atoms with Gasteiger partial charge in [-0.05, 0) is 19.1 Å². The zero-order chi connectivity index (χ0) is 14.4. The summed E-state index contributed by atoms with van der Waals surface area (Å²) < 4.78 is 0. The summed E-state index contributed by atoms with van der Waals surface area (Å²) in [5.74, 6) is 5.54. The first kappa shape index (κ1) is 14.3. The first-order chi connectivity index (χ1) is 9.72. The van der Waals surface area contributed by atoms with Gasteiger partial charge in [0.25, 0.3) is 5.91 Å². The number of benzene rings is 1. The van der Waals surface area contributed by atoms with Crippen LogP contribution in [0.15, 0.2) is 29.8 Å². The molecule has 1 heterocycles. The van der Waals surface area contributed by atoms with Crippen LogP contribution in [0.3, 0.4) is 0 Å². The van der Waals surface area contributed by atoms with E-state index in [1.165, 1.54) is 11.3 Å². The van der Waals surface area contributed by atoms with E-state index in [9.17, 15) is 4.79 Å². The molecule has 0 bridgehead atoms. The summed E-state index contributed by atoms with van der Waals surface area (Å²) in [6, 6.07) is 7.25. The molecule has 0 saturated carbocycles. The molecule has 0 fully saturated rings. The van der Waals surface area contributed by atoms with Crippen LogP contribution in [0.2, 0.25) is 0 Å². The Morgan fingerprint density at radius 2 is 2.25 bits per heavy atom. The van der Waals surface area contributed by atoms with Gasteiger partial charge < -0.3 is 11.1 Å². The average Bonchev–Trinajstić information content (AvgIpc) is 2.88. The smallest absolute Gasteiger partial charge is 0.252 e. The third-order valence-electron chi connectivity index (χ3n) is 2.75. The van der Waals surface area contributed by atoms with Crippen LogP contribution in [0.4, 0.5) is 0 Å². The van der Waals surface area contributed by atoms with Crippen molar-refractivity contribution in [3.05, 3.63) is 51.5 Å². The van der Waals surface area contributed by atoms with E-state index < -0.39 is 0 Å². The van der Waals surface area contributed by atoms with Crippen molar-refractivity contribution in [3.63, 3.8) is 0 Å². The van der Waals surface area contributed by atoms with E-state index in [1.54, 1.807) is 11.6 Å². The van der Waals surface area contributed by atoms with Crippen LogP contribution in [0, 0.1) is 18.8 Å². The van der Waals surface area contributed by atoms with Gasteiger partial charge in [-0.3, -0.25) is 4.79 Å². The fourth-order valence-electron chi connectivity index (χ4n) is 1.69. The molecule has 1 aromatic carbocycles. The van der Waals surface area contributed by atoms with Gasteiger partial charge in [0.1, 0.15) is 0 Å². The summed E-state index contributed by atoms with van der Waals surface area (Å²) in [6.45, 7) is 2.68. The zero-order valence-corrected chi connectivity index (χ0v) is 12.0. The molecule has 0 radical (unpaired) electrons. The standard InChI is InChI=1S/C15H15N3OS/c1-11-14(20-10-18-11)9-17-15(19)13-7-3-2-5-12(13)6-4-8-16/h2-3,5,7,10H,8-9,16H2,1H3,(H,17,19). The van der Waals surface area contributed by atoms with Crippen LogP contribution in [0.1, 0.15) is 26.5 Å². The lowest BCUT2D eigenvalue weighted by atomic mass is 10.1. The molecule has 5 heteroatoms. The number of hydrogen-bond donors (Lipinski definition) is 2. The molecular weight excluding hydrogens is 270 g/mol. The first-order valence-electron chi connectivity index (χ1n) is 6.17. The number of nitrogens with one attached hydrogen (secondary N) is 1. The molecule has 2 rings (SSSR count). The van der Waals surface area contributed by atoms with E-state index in [-0.39, 0.29) is 12.5 Å². The topological polar surface area (TPSA) is 68.0 Å². The van der Waals surface area contributed by atoms with Crippen molar-refractivity contribution >= 4 is 17.2 Å². The number of carbonyl (C=O) groups is 1. The van der Waals surface area contributed by atoms with Crippen LogP contribution >= 0.6 is 11.3 Å². The molecule has 1 aromatic heterocycles. The van der Waals surface area contributed by atoms with Crippen molar-refractivity contribution in [2.45, 2.75) is 13.5 Å².